The lowest BCUT2D eigenvalue weighted by Gasteiger charge is -2.36. The highest BCUT2D eigenvalue weighted by Crippen LogP contribution is 2.36. The standard InChI is InChI=1S/C21H33N3O6/c1-20(2,3)29-18(25)23-24(19(26)30-21(4,5)6)14-9-13-10-16(27-7)17(28-8)11-15(13)22-12-14/h10-11,14,22H,9,12H2,1-8H3,(H,23,25)/t14-/m0/s1. The highest BCUT2D eigenvalue weighted by atomic mass is 16.6. The second-order valence-corrected chi connectivity index (χ2v) is 9.07. The van der Waals surface area contributed by atoms with E-state index in [-0.39, 0.29) is 0 Å². The third-order valence-corrected chi connectivity index (χ3v) is 4.16. The Balaban J connectivity index is 2.28. The maximum atomic E-state index is 12.9. The Labute approximate surface area is 178 Å². The van der Waals surface area contributed by atoms with Crippen molar-refractivity contribution in [3.63, 3.8) is 0 Å². The van der Waals surface area contributed by atoms with Gasteiger partial charge in [0.1, 0.15) is 11.2 Å². The number of rotatable bonds is 3. The number of anilines is 1. The first-order chi connectivity index (χ1) is 13.8. The summed E-state index contributed by atoms with van der Waals surface area (Å²) in [6, 6.07) is 3.30. The number of carbonyl (C=O) groups is 2. The molecular formula is C21H33N3O6. The normalized spacial score (nSPS) is 15.9. The molecule has 2 rings (SSSR count). The van der Waals surface area contributed by atoms with Crippen LogP contribution in [0.2, 0.25) is 0 Å². The van der Waals surface area contributed by atoms with Gasteiger partial charge in [-0.1, -0.05) is 0 Å². The number of methoxy groups -OCH3 is 2. The van der Waals surface area contributed by atoms with Crippen molar-refractivity contribution in [2.45, 2.75) is 65.2 Å². The molecule has 0 aliphatic carbocycles. The average Bonchev–Trinajstić information content (AvgIpc) is 2.61. The quantitative estimate of drug-likeness (QED) is 0.715. The van der Waals surface area contributed by atoms with Crippen LogP contribution in [0.15, 0.2) is 12.1 Å². The van der Waals surface area contributed by atoms with Crippen LogP contribution < -0.4 is 20.2 Å². The van der Waals surface area contributed by atoms with Gasteiger partial charge in [-0.25, -0.2) is 20.0 Å². The summed E-state index contributed by atoms with van der Waals surface area (Å²) < 4.78 is 21.5. The molecule has 0 saturated heterocycles. The molecule has 1 atom stereocenters. The largest absolute Gasteiger partial charge is 0.493 e. The predicted molar refractivity (Wildman–Crippen MR) is 113 cm³/mol. The fourth-order valence-corrected chi connectivity index (χ4v) is 2.99. The zero-order chi connectivity index (χ0) is 22.7. The topological polar surface area (TPSA) is 98.4 Å². The molecule has 0 saturated carbocycles. The average molecular weight is 424 g/mol. The van der Waals surface area contributed by atoms with Gasteiger partial charge in [-0.2, -0.15) is 0 Å². The van der Waals surface area contributed by atoms with E-state index in [1.54, 1.807) is 55.8 Å². The maximum absolute atomic E-state index is 12.9. The Morgan fingerprint density at radius 2 is 1.57 bits per heavy atom. The van der Waals surface area contributed by atoms with Crippen molar-refractivity contribution in [1.82, 2.24) is 10.4 Å². The second kappa shape index (κ2) is 8.89. The van der Waals surface area contributed by atoms with Gasteiger partial charge in [0.05, 0.1) is 20.3 Å². The predicted octanol–water partition coefficient (Wildman–Crippen LogP) is 3.72. The van der Waals surface area contributed by atoms with Crippen LogP contribution in [0.1, 0.15) is 47.1 Å². The van der Waals surface area contributed by atoms with E-state index in [1.165, 1.54) is 5.01 Å². The minimum Gasteiger partial charge on any atom is -0.493 e. The lowest BCUT2D eigenvalue weighted by atomic mass is 9.98. The molecule has 0 unspecified atom stereocenters. The van der Waals surface area contributed by atoms with Crippen LogP contribution in [0, 0.1) is 0 Å². The highest BCUT2D eigenvalue weighted by Gasteiger charge is 2.34. The minimum atomic E-state index is -0.730. The molecule has 1 aliphatic rings. The van der Waals surface area contributed by atoms with Crippen molar-refractivity contribution in [2.24, 2.45) is 0 Å². The molecule has 2 N–H and O–H groups in total. The summed E-state index contributed by atoms with van der Waals surface area (Å²) in [7, 11) is 3.14. The molecule has 1 aromatic rings. The first-order valence-electron chi connectivity index (χ1n) is 9.83. The van der Waals surface area contributed by atoms with E-state index in [1.807, 2.05) is 12.1 Å². The highest BCUT2D eigenvalue weighted by molar-refractivity contribution is 5.75. The van der Waals surface area contributed by atoms with E-state index in [9.17, 15) is 9.59 Å². The SMILES string of the molecule is COc1cc2c(cc1OC)NC[C@@H](N(NC(=O)OC(C)(C)C)C(=O)OC(C)(C)C)C2. The molecule has 1 aliphatic heterocycles. The smallest absolute Gasteiger partial charge is 0.429 e. The van der Waals surface area contributed by atoms with E-state index in [0.717, 1.165) is 11.3 Å². The Hall–Kier alpha value is -2.84. The first-order valence-corrected chi connectivity index (χ1v) is 9.83. The monoisotopic (exact) mass is 423 g/mol. The van der Waals surface area contributed by atoms with Gasteiger partial charge in [-0.3, -0.25) is 0 Å². The third-order valence-electron chi connectivity index (χ3n) is 4.16. The Bertz CT molecular complexity index is 782. The van der Waals surface area contributed by atoms with Gasteiger partial charge < -0.3 is 24.3 Å². The molecule has 0 radical (unpaired) electrons. The fraction of sp³-hybridized carbons (Fsp3) is 0.619. The number of fused-ring (bicyclic) bond motifs is 1. The molecular weight excluding hydrogens is 390 g/mol. The van der Waals surface area contributed by atoms with Gasteiger partial charge in [-0.15, -0.1) is 0 Å². The maximum Gasteiger partial charge on any atom is 0.429 e. The van der Waals surface area contributed by atoms with Gasteiger partial charge in [0.25, 0.3) is 0 Å². The summed E-state index contributed by atoms with van der Waals surface area (Å²) in [5.74, 6) is 1.20. The zero-order valence-corrected chi connectivity index (χ0v) is 19.0. The molecule has 1 aromatic carbocycles. The van der Waals surface area contributed by atoms with Crippen molar-refractivity contribution in [2.75, 3.05) is 26.1 Å². The number of hydrogen-bond donors (Lipinski definition) is 2. The molecule has 0 spiro atoms. The summed E-state index contributed by atoms with van der Waals surface area (Å²) in [6.07, 6.45) is -0.923. The van der Waals surface area contributed by atoms with Crippen LogP contribution in [0.4, 0.5) is 15.3 Å². The summed E-state index contributed by atoms with van der Waals surface area (Å²) in [6.45, 7) is 11.0. The number of hydrogen-bond acceptors (Lipinski definition) is 7. The minimum absolute atomic E-state index is 0.400. The van der Waals surface area contributed by atoms with E-state index in [2.05, 4.69) is 10.7 Å². The van der Waals surface area contributed by atoms with Gasteiger partial charge in [0, 0.05) is 18.3 Å². The molecule has 0 bridgehead atoms. The zero-order valence-electron chi connectivity index (χ0n) is 19.0. The molecule has 168 valence electrons. The van der Waals surface area contributed by atoms with Gasteiger partial charge in [0.15, 0.2) is 11.5 Å². The van der Waals surface area contributed by atoms with Crippen LogP contribution in [-0.4, -0.2) is 55.2 Å². The number of ether oxygens (including phenoxy) is 4. The van der Waals surface area contributed by atoms with Crippen LogP contribution in [0.25, 0.3) is 0 Å². The van der Waals surface area contributed by atoms with Crippen LogP contribution in [0.3, 0.4) is 0 Å². The number of carbonyl (C=O) groups excluding carboxylic acids is 2. The lowest BCUT2D eigenvalue weighted by molar-refractivity contribution is -0.00852. The molecule has 1 heterocycles. The number of benzene rings is 1. The van der Waals surface area contributed by atoms with E-state index >= 15 is 0 Å². The van der Waals surface area contributed by atoms with Crippen LogP contribution >= 0.6 is 0 Å². The van der Waals surface area contributed by atoms with Gasteiger partial charge in [-0.05, 0) is 59.6 Å². The Morgan fingerprint density at radius 3 is 2.10 bits per heavy atom. The molecule has 9 heteroatoms. The van der Waals surface area contributed by atoms with E-state index < -0.39 is 29.4 Å². The fourth-order valence-electron chi connectivity index (χ4n) is 2.99. The van der Waals surface area contributed by atoms with Crippen molar-refractivity contribution in [3.05, 3.63) is 17.7 Å². The number of hydrazine groups is 1. The molecule has 30 heavy (non-hydrogen) atoms. The van der Waals surface area contributed by atoms with E-state index in [0.29, 0.717) is 24.5 Å². The first kappa shape index (κ1) is 23.4. The Kier molecular flexibility index (Phi) is 6.95. The molecule has 0 fully saturated rings. The van der Waals surface area contributed by atoms with Crippen molar-refractivity contribution in [3.8, 4) is 11.5 Å². The second-order valence-electron chi connectivity index (χ2n) is 9.07. The number of amides is 2. The lowest BCUT2D eigenvalue weighted by Crippen LogP contribution is -2.57. The third kappa shape index (κ3) is 6.33. The summed E-state index contributed by atoms with van der Waals surface area (Å²) in [4.78, 5) is 25.2. The van der Waals surface area contributed by atoms with Crippen LogP contribution in [0.5, 0.6) is 11.5 Å². The van der Waals surface area contributed by atoms with Gasteiger partial charge in [0.2, 0.25) is 0 Å². The van der Waals surface area contributed by atoms with Gasteiger partial charge >= 0.3 is 12.2 Å². The number of nitrogens with one attached hydrogen (secondary N) is 2. The van der Waals surface area contributed by atoms with E-state index in [4.69, 9.17) is 18.9 Å². The summed E-state index contributed by atoms with van der Waals surface area (Å²) >= 11 is 0. The van der Waals surface area contributed by atoms with Crippen molar-refractivity contribution < 1.29 is 28.5 Å². The molecule has 9 nitrogen and oxygen atoms in total. The summed E-state index contributed by atoms with van der Waals surface area (Å²) in [5, 5.41) is 4.47. The van der Waals surface area contributed by atoms with Crippen LogP contribution in [-0.2, 0) is 15.9 Å². The Morgan fingerprint density at radius 1 is 1.00 bits per heavy atom. The van der Waals surface area contributed by atoms with Crippen molar-refractivity contribution in [1.29, 1.82) is 0 Å². The number of nitrogens with zero attached hydrogens (tertiary/aromatic N) is 1. The molecule has 2 amide bonds. The van der Waals surface area contributed by atoms with Crippen molar-refractivity contribution >= 4 is 17.9 Å². The molecule has 0 aromatic heterocycles. The summed E-state index contributed by atoms with van der Waals surface area (Å²) in [5.41, 5.74) is 2.93.